The Balaban J connectivity index is 1.88. The van der Waals surface area contributed by atoms with E-state index in [-0.39, 0.29) is 5.91 Å². The van der Waals surface area contributed by atoms with Crippen molar-refractivity contribution in [2.45, 2.75) is 25.7 Å². The van der Waals surface area contributed by atoms with Crippen LogP contribution in [0.2, 0.25) is 0 Å². The molecule has 2 N–H and O–H groups in total. The summed E-state index contributed by atoms with van der Waals surface area (Å²) in [5.74, 6) is -0.0566. The van der Waals surface area contributed by atoms with E-state index in [1.165, 1.54) is 24.0 Å². The lowest BCUT2D eigenvalue weighted by atomic mass is 9.90. The molecule has 3 heteroatoms. The van der Waals surface area contributed by atoms with Crippen LogP contribution in [0.25, 0.3) is 0 Å². The zero-order valence-corrected chi connectivity index (χ0v) is 12.3. The van der Waals surface area contributed by atoms with Gasteiger partial charge in [-0.15, -0.1) is 0 Å². The molecule has 108 valence electrons. The maximum Gasteiger partial charge on any atom is 0.257 e. The predicted octanol–water partition coefficient (Wildman–Crippen LogP) is 3.86. The molecule has 0 radical (unpaired) electrons. The molecule has 0 saturated carbocycles. The van der Waals surface area contributed by atoms with E-state index in [9.17, 15) is 4.79 Å². The van der Waals surface area contributed by atoms with Gasteiger partial charge in [-0.3, -0.25) is 4.79 Å². The molecule has 0 unspecified atom stereocenters. The Morgan fingerprint density at radius 1 is 0.952 bits per heavy atom. The number of para-hydroxylation sites is 1. The third-order valence-corrected chi connectivity index (χ3v) is 4.09. The van der Waals surface area contributed by atoms with E-state index < -0.39 is 0 Å². The Bertz CT molecular complexity index is 664. The molecule has 0 heterocycles. The molecule has 1 aliphatic carbocycles. The highest BCUT2D eigenvalue weighted by Gasteiger charge is 2.16. The van der Waals surface area contributed by atoms with E-state index in [1.807, 2.05) is 43.4 Å². The minimum atomic E-state index is -0.0566. The van der Waals surface area contributed by atoms with Crippen molar-refractivity contribution in [3.05, 3.63) is 59.2 Å². The van der Waals surface area contributed by atoms with Crippen LogP contribution in [-0.2, 0) is 12.8 Å². The Hall–Kier alpha value is -2.29. The monoisotopic (exact) mass is 280 g/mol. The molecule has 2 aromatic carbocycles. The SMILES string of the molecule is CNc1ccccc1C(=O)Nc1cccc2c1CCCC2. The molecule has 0 saturated heterocycles. The third-order valence-electron chi connectivity index (χ3n) is 4.09. The largest absolute Gasteiger partial charge is 0.387 e. The first-order valence-corrected chi connectivity index (χ1v) is 7.48. The van der Waals surface area contributed by atoms with Gasteiger partial charge in [-0.2, -0.15) is 0 Å². The highest BCUT2D eigenvalue weighted by atomic mass is 16.1. The van der Waals surface area contributed by atoms with Gasteiger partial charge in [0.2, 0.25) is 0 Å². The average Bonchev–Trinajstić information content (AvgIpc) is 2.55. The summed E-state index contributed by atoms with van der Waals surface area (Å²) in [6.45, 7) is 0. The normalized spacial score (nSPS) is 13.4. The van der Waals surface area contributed by atoms with Crippen LogP contribution in [0.1, 0.15) is 34.3 Å². The van der Waals surface area contributed by atoms with Gasteiger partial charge in [0.1, 0.15) is 0 Å². The van der Waals surface area contributed by atoms with E-state index in [0.717, 1.165) is 24.2 Å². The second kappa shape index (κ2) is 6.00. The van der Waals surface area contributed by atoms with E-state index in [2.05, 4.69) is 16.7 Å². The Morgan fingerprint density at radius 2 is 1.71 bits per heavy atom. The van der Waals surface area contributed by atoms with Crippen LogP contribution in [-0.4, -0.2) is 13.0 Å². The lowest BCUT2D eigenvalue weighted by Gasteiger charge is -2.20. The number of benzene rings is 2. The number of hydrogen-bond acceptors (Lipinski definition) is 2. The molecule has 0 fully saturated rings. The van der Waals surface area contributed by atoms with Crippen LogP contribution in [0.3, 0.4) is 0 Å². The van der Waals surface area contributed by atoms with Crippen molar-refractivity contribution in [2.75, 3.05) is 17.7 Å². The predicted molar refractivity (Wildman–Crippen MR) is 87.0 cm³/mol. The highest BCUT2D eigenvalue weighted by Crippen LogP contribution is 2.28. The molecule has 0 aliphatic heterocycles. The molecule has 2 aromatic rings. The minimum Gasteiger partial charge on any atom is -0.387 e. The minimum absolute atomic E-state index is 0.0566. The number of nitrogens with one attached hydrogen (secondary N) is 2. The summed E-state index contributed by atoms with van der Waals surface area (Å²) < 4.78 is 0. The van der Waals surface area contributed by atoms with Crippen LogP contribution in [0.15, 0.2) is 42.5 Å². The van der Waals surface area contributed by atoms with Crippen LogP contribution < -0.4 is 10.6 Å². The second-order valence-corrected chi connectivity index (χ2v) is 5.40. The number of carbonyl (C=O) groups excluding carboxylic acids is 1. The number of rotatable bonds is 3. The zero-order chi connectivity index (χ0) is 14.7. The van der Waals surface area contributed by atoms with Gasteiger partial charge >= 0.3 is 0 Å². The number of amides is 1. The molecule has 0 aromatic heterocycles. The van der Waals surface area contributed by atoms with Crippen molar-refractivity contribution in [1.82, 2.24) is 0 Å². The van der Waals surface area contributed by atoms with Gasteiger partial charge in [0.15, 0.2) is 0 Å². The molecule has 0 bridgehead atoms. The molecular formula is C18H20N2O. The summed E-state index contributed by atoms with van der Waals surface area (Å²) in [6.07, 6.45) is 4.62. The van der Waals surface area contributed by atoms with Crippen molar-refractivity contribution in [3.63, 3.8) is 0 Å². The highest BCUT2D eigenvalue weighted by molar-refractivity contribution is 6.08. The van der Waals surface area contributed by atoms with Gasteiger partial charge in [0.25, 0.3) is 5.91 Å². The summed E-state index contributed by atoms with van der Waals surface area (Å²) in [6, 6.07) is 13.8. The number of carbonyl (C=O) groups is 1. The molecule has 21 heavy (non-hydrogen) atoms. The summed E-state index contributed by atoms with van der Waals surface area (Å²) in [4.78, 5) is 12.5. The van der Waals surface area contributed by atoms with Crippen LogP contribution in [0, 0.1) is 0 Å². The van der Waals surface area contributed by atoms with E-state index >= 15 is 0 Å². The first kappa shape index (κ1) is 13.7. The summed E-state index contributed by atoms with van der Waals surface area (Å²) in [7, 11) is 1.83. The Labute approximate surface area is 125 Å². The van der Waals surface area contributed by atoms with E-state index in [4.69, 9.17) is 0 Å². The third kappa shape index (κ3) is 2.77. The smallest absolute Gasteiger partial charge is 0.257 e. The van der Waals surface area contributed by atoms with E-state index in [1.54, 1.807) is 0 Å². The van der Waals surface area contributed by atoms with Crippen LogP contribution in [0.4, 0.5) is 11.4 Å². The van der Waals surface area contributed by atoms with Crippen LogP contribution in [0.5, 0.6) is 0 Å². The Morgan fingerprint density at radius 3 is 2.57 bits per heavy atom. The number of fused-ring (bicyclic) bond motifs is 1. The van der Waals surface area contributed by atoms with Gasteiger partial charge < -0.3 is 10.6 Å². The topological polar surface area (TPSA) is 41.1 Å². The van der Waals surface area contributed by atoms with Crippen molar-refractivity contribution >= 4 is 17.3 Å². The molecule has 3 rings (SSSR count). The number of aryl methyl sites for hydroxylation is 1. The van der Waals surface area contributed by atoms with Crippen LogP contribution >= 0.6 is 0 Å². The fourth-order valence-corrected chi connectivity index (χ4v) is 2.99. The first-order chi connectivity index (χ1) is 10.3. The van der Waals surface area contributed by atoms with Crippen molar-refractivity contribution < 1.29 is 4.79 Å². The average molecular weight is 280 g/mol. The zero-order valence-electron chi connectivity index (χ0n) is 12.3. The lowest BCUT2D eigenvalue weighted by Crippen LogP contribution is -2.16. The van der Waals surface area contributed by atoms with Gasteiger partial charge in [0.05, 0.1) is 5.56 Å². The molecule has 3 nitrogen and oxygen atoms in total. The molecule has 1 aliphatic rings. The Kier molecular flexibility index (Phi) is 3.91. The van der Waals surface area contributed by atoms with Gasteiger partial charge in [-0.05, 0) is 55.0 Å². The summed E-state index contributed by atoms with van der Waals surface area (Å²) in [5, 5.41) is 6.15. The standard InChI is InChI=1S/C18H20N2O/c1-19-16-11-5-4-10-15(16)18(21)20-17-12-6-8-13-7-2-3-9-14(13)17/h4-6,8,10-12,19H,2-3,7,9H2,1H3,(H,20,21). The number of hydrogen-bond donors (Lipinski definition) is 2. The van der Waals surface area contributed by atoms with Gasteiger partial charge in [-0.25, -0.2) is 0 Å². The van der Waals surface area contributed by atoms with Gasteiger partial charge in [0, 0.05) is 18.4 Å². The fourth-order valence-electron chi connectivity index (χ4n) is 2.99. The summed E-state index contributed by atoms with van der Waals surface area (Å²) >= 11 is 0. The number of anilines is 2. The van der Waals surface area contributed by atoms with Gasteiger partial charge in [-0.1, -0.05) is 24.3 Å². The molecule has 0 spiro atoms. The van der Waals surface area contributed by atoms with E-state index in [0.29, 0.717) is 5.56 Å². The lowest BCUT2D eigenvalue weighted by molar-refractivity contribution is 0.102. The fraction of sp³-hybridized carbons (Fsp3) is 0.278. The van der Waals surface area contributed by atoms with Crippen molar-refractivity contribution in [1.29, 1.82) is 0 Å². The summed E-state index contributed by atoms with van der Waals surface area (Å²) in [5.41, 5.74) is 5.16. The van der Waals surface area contributed by atoms with Crippen molar-refractivity contribution in [3.8, 4) is 0 Å². The first-order valence-electron chi connectivity index (χ1n) is 7.48. The second-order valence-electron chi connectivity index (χ2n) is 5.40. The van der Waals surface area contributed by atoms with Crippen molar-refractivity contribution in [2.24, 2.45) is 0 Å². The quantitative estimate of drug-likeness (QED) is 0.896. The maximum absolute atomic E-state index is 12.5. The molecular weight excluding hydrogens is 260 g/mol. The molecule has 0 atom stereocenters. The maximum atomic E-state index is 12.5. The molecule has 1 amide bonds.